The second-order valence-corrected chi connectivity index (χ2v) is 6.32. The maximum Gasteiger partial charge on any atom is 0.100 e. The van der Waals surface area contributed by atoms with Crippen molar-refractivity contribution >= 4 is 6.08 Å². The molecule has 2 aromatic heterocycles. The van der Waals surface area contributed by atoms with Gasteiger partial charge in [0.15, 0.2) is 0 Å². The number of rotatable bonds is 6. The molecule has 0 aliphatic heterocycles. The maximum absolute atomic E-state index is 5.50. The van der Waals surface area contributed by atoms with Crippen LogP contribution >= 0.6 is 0 Å². The van der Waals surface area contributed by atoms with E-state index >= 15 is 0 Å². The van der Waals surface area contributed by atoms with Crippen molar-refractivity contribution in [2.75, 3.05) is 13.7 Å². The molecule has 0 saturated carbocycles. The molecule has 3 rings (SSSR count). The van der Waals surface area contributed by atoms with Crippen molar-refractivity contribution in [3.8, 4) is 11.3 Å². The monoisotopic (exact) mass is 336 g/mol. The van der Waals surface area contributed by atoms with E-state index in [9.17, 15) is 0 Å². The lowest BCUT2D eigenvalue weighted by Crippen LogP contribution is -2.20. The molecule has 0 aliphatic rings. The average Bonchev–Trinajstić information content (AvgIpc) is 3.20. The summed E-state index contributed by atoms with van der Waals surface area (Å²) in [6.45, 7) is 4.75. The van der Waals surface area contributed by atoms with Crippen LogP contribution in [-0.4, -0.2) is 33.0 Å². The number of nitrogens with zero attached hydrogens (tertiary/aromatic N) is 4. The lowest BCUT2D eigenvalue weighted by atomic mass is 10.1. The number of imidazole rings is 1. The van der Waals surface area contributed by atoms with Gasteiger partial charge in [-0.05, 0) is 26.0 Å². The van der Waals surface area contributed by atoms with Gasteiger partial charge in [-0.3, -0.25) is 4.68 Å². The summed E-state index contributed by atoms with van der Waals surface area (Å²) in [7, 11) is 3.67. The van der Waals surface area contributed by atoms with Crippen molar-refractivity contribution in [1.82, 2.24) is 19.3 Å². The van der Waals surface area contributed by atoms with E-state index in [0.717, 1.165) is 22.6 Å². The molecule has 1 atom stereocenters. The summed E-state index contributed by atoms with van der Waals surface area (Å²) in [5, 5.41) is 4.31. The third kappa shape index (κ3) is 3.56. The molecule has 0 radical (unpaired) electrons. The van der Waals surface area contributed by atoms with Crippen LogP contribution in [0, 0.1) is 0 Å². The standard InChI is InChI=1S/C20H24N4O/c1-15(2)12-18-20(16-8-6-5-7-9-16)21-14-24(18)19(13-25-4)17-10-11-22-23(17)3/h5-12,14,19H,13H2,1-4H3/t19-/m1/s1. The van der Waals surface area contributed by atoms with Crippen LogP contribution in [0.5, 0.6) is 0 Å². The Morgan fingerprint density at radius 2 is 1.96 bits per heavy atom. The van der Waals surface area contributed by atoms with Crippen molar-refractivity contribution in [2.24, 2.45) is 7.05 Å². The van der Waals surface area contributed by atoms with Crippen molar-refractivity contribution < 1.29 is 4.74 Å². The first-order valence-corrected chi connectivity index (χ1v) is 8.35. The van der Waals surface area contributed by atoms with E-state index in [4.69, 9.17) is 9.72 Å². The van der Waals surface area contributed by atoms with Gasteiger partial charge in [0.1, 0.15) is 6.04 Å². The normalized spacial score (nSPS) is 12.2. The van der Waals surface area contributed by atoms with Gasteiger partial charge in [0.05, 0.1) is 30.0 Å². The van der Waals surface area contributed by atoms with Crippen LogP contribution in [0.1, 0.15) is 31.3 Å². The van der Waals surface area contributed by atoms with E-state index < -0.39 is 0 Å². The predicted molar refractivity (Wildman–Crippen MR) is 100 cm³/mol. The second kappa shape index (κ2) is 7.49. The van der Waals surface area contributed by atoms with Gasteiger partial charge in [-0.25, -0.2) is 4.98 Å². The predicted octanol–water partition coefficient (Wildman–Crippen LogP) is 3.94. The minimum atomic E-state index is 0.00747. The molecular formula is C20H24N4O. The molecule has 130 valence electrons. The first kappa shape index (κ1) is 17.2. The minimum absolute atomic E-state index is 0.00747. The molecule has 5 nitrogen and oxygen atoms in total. The van der Waals surface area contributed by atoms with Crippen LogP contribution < -0.4 is 0 Å². The fourth-order valence-electron chi connectivity index (χ4n) is 3.03. The number of methoxy groups -OCH3 is 1. The highest BCUT2D eigenvalue weighted by Gasteiger charge is 2.22. The van der Waals surface area contributed by atoms with Crippen LogP contribution in [0.4, 0.5) is 0 Å². The molecule has 0 amide bonds. The Kier molecular flexibility index (Phi) is 5.14. The maximum atomic E-state index is 5.50. The highest BCUT2D eigenvalue weighted by Crippen LogP contribution is 2.29. The van der Waals surface area contributed by atoms with Crippen LogP contribution in [0.3, 0.4) is 0 Å². The third-order valence-corrected chi connectivity index (χ3v) is 4.17. The van der Waals surface area contributed by atoms with Crippen molar-refractivity contribution in [3.63, 3.8) is 0 Å². The molecule has 5 heteroatoms. The van der Waals surface area contributed by atoms with Gasteiger partial charge < -0.3 is 9.30 Å². The highest BCUT2D eigenvalue weighted by atomic mass is 16.5. The Hall–Kier alpha value is -2.66. The highest BCUT2D eigenvalue weighted by molar-refractivity contribution is 5.71. The lowest BCUT2D eigenvalue weighted by molar-refractivity contribution is 0.166. The molecule has 25 heavy (non-hydrogen) atoms. The van der Waals surface area contributed by atoms with Gasteiger partial charge >= 0.3 is 0 Å². The Bertz CT molecular complexity index is 857. The summed E-state index contributed by atoms with van der Waals surface area (Å²) >= 11 is 0. The number of allylic oxidation sites excluding steroid dienone is 1. The zero-order valence-corrected chi connectivity index (χ0v) is 15.2. The molecule has 0 bridgehead atoms. The summed E-state index contributed by atoms with van der Waals surface area (Å²) in [4.78, 5) is 4.72. The molecule has 0 saturated heterocycles. The topological polar surface area (TPSA) is 44.9 Å². The van der Waals surface area contributed by atoms with E-state index in [2.05, 4.69) is 41.7 Å². The minimum Gasteiger partial charge on any atom is -0.382 e. The first-order valence-electron chi connectivity index (χ1n) is 8.35. The molecule has 0 spiro atoms. The molecule has 0 N–H and O–H groups in total. The Morgan fingerprint density at radius 1 is 1.20 bits per heavy atom. The fourth-order valence-corrected chi connectivity index (χ4v) is 3.03. The summed E-state index contributed by atoms with van der Waals surface area (Å²) in [6.07, 6.45) is 5.88. The quantitative estimate of drug-likeness (QED) is 0.685. The summed E-state index contributed by atoms with van der Waals surface area (Å²) in [5.41, 5.74) is 5.47. The van der Waals surface area contributed by atoms with E-state index in [-0.39, 0.29) is 6.04 Å². The van der Waals surface area contributed by atoms with E-state index in [1.807, 2.05) is 48.5 Å². The number of hydrogen-bond acceptors (Lipinski definition) is 3. The number of hydrogen-bond donors (Lipinski definition) is 0. The number of aryl methyl sites for hydroxylation is 1. The zero-order valence-electron chi connectivity index (χ0n) is 15.2. The molecule has 0 aliphatic carbocycles. The number of benzene rings is 1. The zero-order chi connectivity index (χ0) is 17.8. The Balaban J connectivity index is 2.16. The van der Waals surface area contributed by atoms with Crippen molar-refractivity contribution in [2.45, 2.75) is 19.9 Å². The largest absolute Gasteiger partial charge is 0.382 e. The summed E-state index contributed by atoms with van der Waals surface area (Å²) in [5.74, 6) is 0. The molecular weight excluding hydrogens is 312 g/mol. The number of ether oxygens (including phenoxy) is 1. The number of aromatic nitrogens is 4. The van der Waals surface area contributed by atoms with E-state index in [0.29, 0.717) is 6.61 Å². The van der Waals surface area contributed by atoms with Crippen molar-refractivity contribution in [3.05, 3.63) is 65.9 Å². The lowest BCUT2D eigenvalue weighted by Gasteiger charge is -2.20. The molecule has 3 aromatic rings. The van der Waals surface area contributed by atoms with E-state index in [1.54, 1.807) is 7.11 Å². The Morgan fingerprint density at radius 3 is 2.56 bits per heavy atom. The third-order valence-electron chi connectivity index (χ3n) is 4.17. The molecule has 2 heterocycles. The van der Waals surface area contributed by atoms with Crippen LogP contribution in [0.25, 0.3) is 17.3 Å². The van der Waals surface area contributed by atoms with Crippen LogP contribution in [-0.2, 0) is 11.8 Å². The smallest absolute Gasteiger partial charge is 0.100 e. The van der Waals surface area contributed by atoms with Gasteiger partial charge in [-0.1, -0.05) is 35.9 Å². The Labute approximate surface area is 148 Å². The molecule has 1 aromatic carbocycles. The van der Waals surface area contributed by atoms with Gasteiger partial charge in [0.25, 0.3) is 0 Å². The van der Waals surface area contributed by atoms with Gasteiger partial charge in [-0.2, -0.15) is 5.10 Å². The molecule has 0 unspecified atom stereocenters. The van der Waals surface area contributed by atoms with Crippen molar-refractivity contribution in [1.29, 1.82) is 0 Å². The van der Waals surface area contributed by atoms with Crippen LogP contribution in [0.15, 0.2) is 54.5 Å². The fraction of sp³-hybridized carbons (Fsp3) is 0.300. The SMILES string of the molecule is COC[C@H](c1ccnn1C)n1cnc(-c2ccccc2)c1C=C(C)C. The first-order chi connectivity index (χ1) is 12.1. The summed E-state index contributed by atoms with van der Waals surface area (Å²) < 4.78 is 9.57. The summed E-state index contributed by atoms with van der Waals surface area (Å²) in [6, 6.07) is 12.3. The van der Waals surface area contributed by atoms with Gasteiger partial charge in [0.2, 0.25) is 0 Å². The average molecular weight is 336 g/mol. The second-order valence-electron chi connectivity index (χ2n) is 6.32. The molecule has 0 fully saturated rings. The van der Waals surface area contributed by atoms with Crippen LogP contribution in [0.2, 0.25) is 0 Å². The van der Waals surface area contributed by atoms with Gasteiger partial charge in [-0.15, -0.1) is 0 Å². The van der Waals surface area contributed by atoms with E-state index in [1.165, 1.54) is 5.57 Å². The van der Waals surface area contributed by atoms with Gasteiger partial charge in [0, 0.05) is 25.9 Å².